The molecule has 1 fully saturated rings. The number of piperidine rings is 1. The number of nitrogens with zero attached hydrogens (tertiary/aromatic N) is 1. The van der Waals surface area contributed by atoms with Gasteiger partial charge in [-0.1, -0.05) is 31.2 Å². The number of carbonyl (C=O) groups excluding carboxylic acids is 1. The first-order valence-corrected chi connectivity index (χ1v) is 7.11. The zero-order valence-corrected chi connectivity index (χ0v) is 11.9. The van der Waals surface area contributed by atoms with E-state index in [2.05, 4.69) is 36.1 Å². The van der Waals surface area contributed by atoms with E-state index in [-0.39, 0.29) is 11.9 Å². The second-order valence-corrected chi connectivity index (χ2v) is 5.24. The Morgan fingerprint density at radius 1 is 1.21 bits per heavy atom. The fourth-order valence-electron chi connectivity index (χ4n) is 2.63. The highest BCUT2D eigenvalue weighted by molar-refractivity contribution is 5.72. The molecule has 0 aromatic heterocycles. The number of aryl methyl sites for hydroxylation is 1. The smallest absolute Gasteiger partial charge is 0.308 e. The van der Waals surface area contributed by atoms with E-state index in [4.69, 9.17) is 4.74 Å². The molecule has 104 valence electrons. The molecule has 0 unspecified atom stereocenters. The molecule has 0 radical (unpaired) electrons. The van der Waals surface area contributed by atoms with Gasteiger partial charge in [0.05, 0.1) is 13.0 Å². The van der Waals surface area contributed by atoms with Crippen LogP contribution in [0.1, 0.15) is 30.9 Å². The van der Waals surface area contributed by atoms with Gasteiger partial charge in [-0.25, -0.2) is 0 Å². The molecule has 1 saturated heterocycles. The van der Waals surface area contributed by atoms with Crippen LogP contribution in [0.4, 0.5) is 0 Å². The quantitative estimate of drug-likeness (QED) is 0.780. The molecule has 0 spiro atoms. The minimum atomic E-state index is -0.0491. The summed E-state index contributed by atoms with van der Waals surface area (Å²) < 4.78 is 4.81. The standard InChI is InChI=1S/C16H23NO2/c1-3-13-4-6-14(7-5-13)12-17-10-8-15(9-11-17)16(18)19-2/h4-7,15H,3,8-12H2,1-2H3. The maximum atomic E-state index is 11.5. The van der Waals surface area contributed by atoms with E-state index in [1.54, 1.807) is 0 Å². The van der Waals surface area contributed by atoms with Crippen LogP contribution < -0.4 is 0 Å². The summed E-state index contributed by atoms with van der Waals surface area (Å²) in [6.07, 6.45) is 2.92. The summed E-state index contributed by atoms with van der Waals surface area (Å²) in [7, 11) is 1.48. The minimum absolute atomic E-state index is 0.0491. The number of likely N-dealkylation sites (tertiary alicyclic amines) is 1. The zero-order valence-electron chi connectivity index (χ0n) is 11.9. The number of rotatable bonds is 4. The average Bonchev–Trinajstić information content (AvgIpc) is 2.48. The number of benzene rings is 1. The van der Waals surface area contributed by atoms with E-state index in [9.17, 15) is 4.79 Å². The summed E-state index contributed by atoms with van der Waals surface area (Å²) in [6.45, 7) is 5.12. The SMILES string of the molecule is CCc1ccc(CN2CCC(C(=O)OC)CC2)cc1. The summed E-state index contributed by atoms with van der Waals surface area (Å²) in [5, 5.41) is 0. The van der Waals surface area contributed by atoms with Crippen LogP contribution in [0.3, 0.4) is 0 Å². The van der Waals surface area contributed by atoms with Crippen molar-refractivity contribution in [3.8, 4) is 0 Å². The highest BCUT2D eigenvalue weighted by Gasteiger charge is 2.25. The van der Waals surface area contributed by atoms with Crippen molar-refractivity contribution in [1.29, 1.82) is 0 Å². The third kappa shape index (κ3) is 3.80. The molecule has 3 nitrogen and oxygen atoms in total. The van der Waals surface area contributed by atoms with Gasteiger partial charge in [-0.2, -0.15) is 0 Å². The predicted molar refractivity (Wildman–Crippen MR) is 75.8 cm³/mol. The van der Waals surface area contributed by atoms with Crippen molar-refractivity contribution in [2.24, 2.45) is 5.92 Å². The Morgan fingerprint density at radius 3 is 2.32 bits per heavy atom. The van der Waals surface area contributed by atoms with Crippen LogP contribution in [0.15, 0.2) is 24.3 Å². The van der Waals surface area contributed by atoms with Gasteiger partial charge in [-0.3, -0.25) is 9.69 Å². The van der Waals surface area contributed by atoms with Crippen LogP contribution in [-0.2, 0) is 22.5 Å². The average molecular weight is 261 g/mol. The maximum Gasteiger partial charge on any atom is 0.308 e. The van der Waals surface area contributed by atoms with Crippen LogP contribution in [0.25, 0.3) is 0 Å². The molecule has 2 rings (SSSR count). The molecule has 0 aliphatic carbocycles. The summed E-state index contributed by atoms with van der Waals surface area (Å²) >= 11 is 0. The molecule has 0 saturated carbocycles. The van der Waals surface area contributed by atoms with E-state index >= 15 is 0 Å². The summed E-state index contributed by atoms with van der Waals surface area (Å²) in [5.41, 5.74) is 2.74. The second kappa shape index (κ2) is 6.71. The number of hydrogen-bond acceptors (Lipinski definition) is 3. The van der Waals surface area contributed by atoms with Crippen LogP contribution in [0.5, 0.6) is 0 Å². The first kappa shape index (κ1) is 14.1. The predicted octanol–water partition coefficient (Wildman–Crippen LogP) is 2.63. The zero-order chi connectivity index (χ0) is 13.7. The van der Waals surface area contributed by atoms with Crippen molar-refractivity contribution < 1.29 is 9.53 Å². The number of methoxy groups -OCH3 is 1. The Morgan fingerprint density at radius 2 is 1.79 bits per heavy atom. The number of hydrogen-bond donors (Lipinski definition) is 0. The van der Waals surface area contributed by atoms with Gasteiger partial charge in [0.25, 0.3) is 0 Å². The number of ether oxygens (including phenoxy) is 1. The maximum absolute atomic E-state index is 11.5. The normalized spacial score (nSPS) is 17.4. The van der Waals surface area contributed by atoms with Gasteiger partial charge >= 0.3 is 5.97 Å². The molecule has 1 aromatic rings. The molecule has 1 aliphatic rings. The highest BCUT2D eigenvalue weighted by Crippen LogP contribution is 2.20. The van der Waals surface area contributed by atoms with E-state index in [1.165, 1.54) is 18.2 Å². The van der Waals surface area contributed by atoms with Gasteiger partial charge in [0.15, 0.2) is 0 Å². The number of esters is 1. The molecule has 1 aromatic carbocycles. The van der Waals surface area contributed by atoms with Gasteiger partial charge in [-0.05, 0) is 43.5 Å². The molecule has 0 amide bonds. The van der Waals surface area contributed by atoms with Crippen molar-refractivity contribution in [3.05, 3.63) is 35.4 Å². The molecule has 0 atom stereocenters. The van der Waals surface area contributed by atoms with Gasteiger partial charge in [0.1, 0.15) is 0 Å². The summed E-state index contributed by atoms with van der Waals surface area (Å²) in [6, 6.07) is 8.84. The van der Waals surface area contributed by atoms with Gasteiger partial charge in [0, 0.05) is 6.54 Å². The van der Waals surface area contributed by atoms with E-state index in [0.29, 0.717) is 0 Å². The lowest BCUT2D eigenvalue weighted by atomic mass is 9.96. The minimum Gasteiger partial charge on any atom is -0.469 e. The van der Waals surface area contributed by atoms with Gasteiger partial charge < -0.3 is 4.74 Å². The molecular weight excluding hydrogens is 238 g/mol. The van der Waals surface area contributed by atoms with Crippen molar-refractivity contribution in [2.75, 3.05) is 20.2 Å². The highest BCUT2D eigenvalue weighted by atomic mass is 16.5. The Kier molecular flexibility index (Phi) is 4.97. The largest absolute Gasteiger partial charge is 0.469 e. The molecule has 0 bridgehead atoms. The van der Waals surface area contributed by atoms with Crippen LogP contribution in [0.2, 0.25) is 0 Å². The molecule has 3 heteroatoms. The topological polar surface area (TPSA) is 29.5 Å². The van der Waals surface area contributed by atoms with Crippen molar-refractivity contribution >= 4 is 5.97 Å². The molecule has 1 aliphatic heterocycles. The third-order valence-corrected chi connectivity index (χ3v) is 3.96. The Labute approximate surface area is 115 Å². The lowest BCUT2D eigenvalue weighted by Crippen LogP contribution is -2.36. The first-order valence-electron chi connectivity index (χ1n) is 7.11. The van der Waals surface area contributed by atoms with Crippen LogP contribution in [0, 0.1) is 5.92 Å². The van der Waals surface area contributed by atoms with E-state index in [1.807, 2.05) is 0 Å². The lowest BCUT2D eigenvalue weighted by Gasteiger charge is -2.30. The first-order chi connectivity index (χ1) is 9.22. The van der Waals surface area contributed by atoms with Crippen molar-refractivity contribution in [1.82, 2.24) is 4.90 Å². The fraction of sp³-hybridized carbons (Fsp3) is 0.562. The third-order valence-electron chi connectivity index (χ3n) is 3.96. The molecule has 19 heavy (non-hydrogen) atoms. The molecular formula is C16H23NO2. The molecule has 0 N–H and O–H groups in total. The Bertz CT molecular complexity index is 405. The second-order valence-electron chi connectivity index (χ2n) is 5.24. The Balaban J connectivity index is 1.83. The fourth-order valence-corrected chi connectivity index (χ4v) is 2.63. The van der Waals surface area contributed by atoms with Crippen LogP contribution >= 0.6 is 0 Å². The number of carbonyl (C=O) groups is 1. The van der Waals surface area contributed by atoms with Crippen molar-refractivity contribution in [2.45, 2.75) is 32.7 Å². The summed E-state index contributed by atoms with van der Waals surface area (Å²) in [5.74, 6) is 0.0515. The summed E-state index contributed by atoms with van der Waals surface area (Å²) in [4.78, 5) is 13.9. The lowest BCUT2D eigenvalue weighted by molar-refractivity contribution is -0.147. The monoisotopic (exact) mass is 261 g/mol. The van der Waals surface area contributed by atoms with E-state index in [0.717, 1.165) is 38.9 Å². The molecule has 1 heterocycles. The Hall–Kier alpha value is -1.35. The van der Waals surface area contributed by atoms with Crippen LogP contribution in [-0.4, -0.2) is 31.1 Å². The van der Waals surface area contributed by atoms with Gasteiger partial charge in [0.2, 0.25) is 0 Å². The van der Waals surface area contributed by atoms with Gasteiger partial charge in [-0.15, -0.1) is 0 Å². The van der Waals surface area contributed by atoms with E-state index < -0.39 is 0 Å². The van der Waals surface area contributed by atoms with Crippen molar-refractivity contribution in [3.63, 3.8) is 0 Å².